The highest BCUT2D eigenvalue weighted by atomic mass is 16.5. The van der Waals surface area contributed by atoms with Crippen LogP contribution in [0.5, 0.6) is 0 Å². The predicted molar refractivity (Wildman–Crippen MR) is 76.8 cm³/mol. The summed E-state index contributed by atoms with van der Waals surface area (Å²) in [7, 11) is 3.15. The summed E-state index contributed by atoms with van der Waals surface area (Å²) in [6.07, 6.45) is 2.11. The highest BCUT2D eigenvalue weighted by Crippen LogP contribution is 2.23. The summed E-state index contributed by atoms with van der Waals surface area (Å²) in [4.78, 5) is 25.7. The quantitative estimate of drug-likeness (QED) is 0.829. The van der Waals surface area contributed by atoms with E-state index >= 15 is 0 Å². The molecule has 0 saturated heterocycles. The number of methoxy groups -OCH3 is 1. The fourth-order valence-electron chi connectivity index (χ4n) is 2.00. The molecule has 2 rings (SSSR count). The number of anilines is 1. The van der Waals surface area contributed by atoms with Gasteiger partial charge in [-0.15, -0.1) is 0 Å². The highest BCUT2D eigenvalue weighted by Gasteiger charge is 2.28. The van der Waals surface area contributed by atoms with Crippen molar-refractivity contribution in [2.75, 3.05) is 19.1 Å². The lowest BCUT2D eigenvalue weighted by Gasteiger charge is -2.27. The lowest BCUT2D eigenvalue weighted by Crippen LogP contribution is -2.44. The van der Waals surface area contributed by atoms with Gasteiger partial charge >= 0.3 is 5.97 Å². The van der Waals surface area contributed by atoms with Gasteiger partial charge in [0.15, 0.2) is 0 Å². The van der Waals surface area contributed by atoms with Gasteiger partial charge in [0, 0.05) is 13.1 Å². The molecule has 108 valence electrons. The minimum Gasteiger partial charge on any atom is -0.465 e. The molecular weight excluding hydrogens is 256 g/mol. The Labute approximate surface area is 118 Å². The van der Waals surface area contributed by atoms with Gasteiger partial charge < -0.3 is 15.0 Å². The molecule has 1 aromatic rings. The molecule has 5 heteroatoms. The van der Waals surface area contributed by atoms with Crippen LogP contribution in [0, 0.1) is 0 Å². The maximum absolute atomic E-state index is 12.1. The van der Waals surface area contributed by atoms with Crippen molar-refractivity contribution in [3.8, 4) is 0 Å². The average molecular weight is 276 g/mol. The SMILES string of the molecule is COC(=O)c1ccccc1N(C)C(C)C(=O)NC1CC1. The van der Waals surface area contributed by atoms with Gasteiger partial charge in [0.1, 0.15) is 6.04 Å². The Bertz CT molecular complexity index is 512. The number of nitrogens with zero attached hydrogens (tertiary/aromatic N) is 1. The molecule has 0 aromatic heterocycles. The van der Waals surface area contributed by atoms with Crippen LogP contribution in [0.1, 0.15) is 30.1 Å². The van der Waals surface area contributed by atoms with E-state index in [-0.39, 0.29) is 11.9 Å². The summed E-state index contributed by atoms with van der Waals surface area (Å²) in [5, 5.41) is 2.97. The van der Waals surface area contributed by atoms with E-state index in [1.54, 1.807) is 24.1 Å². The first-order valence-electron chi connectivity index (χ1n) is 6.75. The Balaban J connectivity index is 2.16. The molecule has 0 spiro atoms. The van der Waals surface area contributed by atoms with Crippen LogP contribution in [-0.2, 0) is 9.53 Å². The minimum absolute atomic E-state index is 0.0188. The third kappa shape index (κ3) is 3.10. The molecule has 1 unspecified atom stereocenters. The molecule has 1 N–H and O–H groups in total. The Kier molecular flexibility index (Phi) is 4.27. The smallest absolute Gasteiger partial charge is 0.339 e. The van der Waals surface area contributed by atoms with E-state index in [1.807, 2.05) is 19.1 Å². The fourth-order valence-corrected chi connectivity index (χ4v) is 2.00. The van der Waals surface area contributed by atoms with Gasteiger partial charge in [0.25, 0.3) is 0 Å². The van der Waals surface area contributed by atoms with E-state index < -0.39 is 5.97 Å². The van der Waals surface area contributed by atoms with Crippen molar-refractivity contribution in [1.29, 1.82) is 0 Å². The van der Waals surface area contributed by atoms with Gasteiger partial charge in [-0.05, 0) is 31.9 Å². The predicted octanol–water partition coefficient (Wildman–Crippen LogP) is 1.58. The topological polar surface area (TPSA) is 58.6 Å². The normalized spacial score (nSPS) is 15.3. The van der Waals surface area contributed by atoms with Crippen molar-refractivity contribution in [3.05, 3.63) is 29.8 Å². The van der Waals surface area contributed by atoms with Gasteiger partial charge in [-0.2, -0.15) is 0 Å². The number of hydrogen-bond donors (Lipinski definition) is 1. The lowest BCUT2D eigenvalue weighted by molar-refractivity contribution is -0.122. The molecular formula is C15H20N2O3. The van der Waals surface area contributed by atoms with Crippen molar-refractivity contribution in [2.45, 2.75) is 31.8 Å². The summed E-state index contributed by atoms with van der Waals surface area (Å²) < 4.78 is 4.78. The Morgan fingerprint density at radius 3 is 2.60 bits per heavy atom. The Hall–Kier alpha value is -2.04. The van der Waals surface area contributed by atoms with Gasteiger partial charge in [0.2, 0.25) is 5.91 Å². The number of rotatable bonds is 5. The number of hydrogen-bond acceptors (Lipinski definition) is 4. The molecule has 1 aromatic carbocycles. The van der Waals surface area contributed by atoms with E-state index in [2.05, 4.69) is 5.32 Å². The molecule has 1 atom stereocenters. The van der Waals surface area contributed by atoms with E-state index in [0.29, 0.717) is 17.3 Å². The van der Waals surface area contributed by atoms with Gasteiger partial charge in [0.05, 0.1) is 18.4 Å². The summed E-state index contributed by atoms with van der Waals surface area (Å²) in [6.45, 7) is 1.83. The van der Waals surface area contributed by atoms with Gasteiger partial charge in [-0.3, -0.25) is 4.79 Å². The number of amides is 1. The lowest BCUT2D eigenvalue weighted by atomic mass is 10.1. The minimum atomic E-state index is -0.401. The number of benzene rings is 1. The Morgan fingerprint density at radius 1 is 1.35 bits per heavy atom. The summed E-state index contributed by atoms with van der Waals surface area (Å²) in [5.74, 6) is -0.420. The Morgan fingerprint density at radius 2 is 2.00 bits per heavy atom. The van der Waals surface area contributed by atoms with Crippen molar-refractivity contribution in [2.24, 2.45) is 0 Å². The van der Waals surface area contributed by atoms with Crippen LogP contribution in [0.3, 0.4) is 0 Å². The number of para-hydroxylation sites is 1. The molecule has 20 heavy (non-hydrogen) atoms. The zero-order valence-electron chi connectivity index (χ0n) is 12.1. The van der Waals surface area contributed by atoms with Crippen LogP contribution in [0.15, 0.2) is 24.3 Å². The number of carbonyl (C=O) groups is 2. The van der Waals surface area contributed by atoms with Crippen molar-refractivity contribution >= 4 is 17.6 Å². The zero-order valence-corrected chi connectivity index (χ0v) is 12.1. The maximum atomic E-state index is 12.1. The van der Waals surface area contributed by atoms with Crippen LogP contribution in [0.25, 0.3) is 0 Å². The molecule has 0 aliphatic heterocycles. The highest BCUT2D eigenvalue weighted by molar-refractivity contribution is 5.97. The van der Waals surface area contributed by atoms with Crippen molar-refractivity contribution < 1.29 is 14.3 Å². The molecule has 5 nitrogen and oxygen atoms in total. The van der Waals surface area contributed by atoms with E-state index in [1.165, 1.54) is 7.11 Å². The molecule has 1 saturated carbocycles. The van der Waals surface area contributed by atoms with E-state index in [4.69, 9.17) is 4.74 Å². The van der Waals surface area contributed by atoms with E-state index in [0.717, 1.165) is 12.8 Å². The second-order valence-electron chi connectivity index (χ2n) is 5.08. The largest absolute Gasteiger partial charge is 0.465 e. The second kappa shape index (κ2) is 5.94. The standard InChI is InChI=1S/C15H20N2O3/c1-10(14(18)16-11-8-9-11)17(2)13-7-5-4-6-12(13)15(19)20-3/h4-7,10-11H,8-9H2,1-3H3,(H,16,18). The first-order chi connectivity index (χ1) is 9.54. The summed E-state index contributed by atoms with van der Waals surface area (Å²) in [6, 6.07) is 7.11. The van der Waals surface area contributed by atoms with Crippen LogP contribution >= 0.6 is 0 Å². The third-order valence-corrected chi connectivity index (χ3v) is 3.57. The van der Waals surface area contributed by atoms with Crippen molar-refractivity contribution in [3.63, 3.8) is 0 Å². The van der Waals surface area contributed by atoms with Crippen LogP contribution in [0.4, 0.5) is 5.69 Å². The third-order valence-electron chi connectivity index (χ3n) is 3.57. The first-order valence-corrected chi connectivity index (χ1v) is 6.75. The summed E-state index contributed by atoms with van der Waals surface area (Å²) >= 11 is 0. The molecule has 1 fully saturated rings. The monoisotopic (exact) mass is 276 g/mol. The summed E-state index contributed by atoms with van der Waals surface area (Å²) in [5.41, 5.74) is 1.15. The zero-order chi connectivity index (χ0) is 14.7. The van der Waals surface area contributed by atoms with Gasteiger partial charge in [-0.1, -0.05) is 12.1 Å². The maximum Gasteiger partial charge on any atom is 0.339 e. The number of esters is 1. The van der Waals surface area contributed by atoms with Crippen LogP contribution in [0.2, 0.25) is 0 Å². The van der Waals surface area contributed by atoms with Crippen molar-refractivity contribution in [1.82, 2.24) is 5.32 Å². The molecule has 0 radical (unpaired) electrons. The molecule has 1 aliphatic carbocycles. The molecule has 1 amide bonds. The number of ether oxygens (including phenoxy) is 1. The van der Waals surface area contributed by atoms with Crippen LogP contribution < -0.4 is 10.2 Å². The first kappa shape index (κ1) is 14.4. The average Bonchev–Trinajstić information content (AvgIpc) is 3.28. The molecule has 1 aliphatic rings. The molecule has 0 bridgehead atoms. The second-order valence-corrected chi connectivity index (χ2v) is 5.08. The molecule has 0 heterocycles. The van der Waals surface area contributed by atoms with Crippen LogP contribution in [-0.4, -0.2) is 38.1 Å². The van der Waals surface area contributed by atoms with Gasteiger partial charge in [-0.25, -0.2) is 4.79 Å². The van der Waals surface area contributed by atoms with E-state index in [9.17, 15) is 9.59 Å². The number of nitrogens with one attached hydrogen (secondary N) is 1. The fraction of sp³-hybridized carbons (Fsp3) is 0.467. The number of likely N-dealkylation sites (N-methyl/N-ethyl adjacent to an activating group) is 1. The number of carbonyl (C=O) groups excluding carboxylic acids is 2.